The third-order valence-electron chi connectivity index (χ3n) is 4.90. The normalized spacial score (nSPS) is 26.4. The van der Waals surface area contributed by atoms with E-state index in [4.69, 9.17) is 5.73 Å². The van der Waals surface area contributed by atoms with Gasteiger partial charge in [0.15, 0.2) is 0 Å². The van der Waals surface area contributed by atoms with Gasteiger partial charge in [0.05, 0.1) is 6.42 Å². The molecule has 2 N–H and O–H groups in total. The van der Waals surface area contributed by atoms with E-state index in [2.05, 4.69) is 16.7 Å². The van der Waals surface area contributed by atoms with E-state index in [1.165, 1.54) is 25.8 Å². The van der Waals surface area contributed by atoms with Crippen molar-refractivity contribution in [3.05, 3.63) is 29.8 Å². The van der Waals surface area contributed by atoms with Crippen molar-refractivity contribution < 1.29 is 4.79 Å². The molecule has 2 aliphatic heterocycles. The van der Waals surface area contributed by atoms with Gasteiger partial charge in [0.1, 0.15) is 0 Å². The molecule has 0 bridgehead atoms. The lowest BCUT2D eigenvalue weighted by Crippen LogP contribution is -2.60. The van der Waals surface area contributed by atoms with Gasteiger partial charge < -0.3 is 10.6 Å². The van der Waals surface area contributed by atoms with Gasteiger partial charge in [-0.2, -0.15) is 0 Å². The van der Waals surface area contributed by atoms with Gasteiger partial charge in [-0.1, -0.05) is 24.6 Å². The fourth-order valence-electron chi connectivity index (χ4n) is 3.66. The van der Waals surface area contributed by atoms with Crippen LogP contribution >= 0.6 is 0 Å². The molecule has 2 heterocycles. The van der Waals surface area contributed by atoms with E-state index in [-0.39, 0.29) is 5.91 Å². The van der Waals surface area contributed by atoms with Crippen molar-refractivity contribution in [3.63, 3.8) is 0 Å². The first-order valence-corrected chi connectivity index (χ1v) is 8.02. The summed E-state index contributed by atoms with van der Waals surface area (Å²) in [5.41, 5.74) is 7.62. The molecular formula is C17H25N3O. The molecule has 1 aromatic carbocycles. The number of benzene rings is 1. The molecule has 2 unspecified atom stereocenters. The van der Waals surface area contributed by atoms with Gasteiger partial charge in [-0.05, 0) is 37.9 Å². The maximum Gasteiger partial charge on any atom is 0.227 e. The first kappa shape index (κ1) is 14.4. The predicted octanol–water partition coefficient (Wildman–Crippen LogP) is 1.90. The van der Waals surface area contributed by atoms with E-state index >= 15 is 0 Å². The minimum atomic E-state index is 0.214. The zero-order valence-corrected chi connectivity index (χ0v) is 12.8. The van der Waals surface area contributed by atoms with E-state index in [0.717, 1.165) is 24.3 Å². The molecule has 2 aliphatic rings. The van der Waals surface area contributed by atoms with Crippen LogP contribution in [0.1, 0.15) is 31.7 Å². The Balaban J connectivity index is 1.68. The average molecular weight is 287 g/mol. The number of rotatable bonds is 2. The van der Waals surface area contributed by atoms with E-state index < -0.39 is 0 Å². The van der Waals surface area contributed by atoms with Gasteiger partial charge in [0.2, 0.25) is 5.91 Å². The lowest BCUT2D eigenvalue weighted by Gasteiger charge is -2.47. The van der Waals surface area contributed by atoms with Crippen LogP contribution < -0.4 is 5.73 Å². The smallest absolute Gasteiger partial charge is 0.227 e. The van der Waals surface area contributed by atoms with Crippen LogP contribution in [0.2, 0.25) is 0 Å². The second-order valence-corrected chi connectivity index (χ2v) is 6.42. The number of hydrogen-bond acceptors (Lipinski definition) is 3. The minimum absolute atomic E-state index is 0.214. The number of anilines is 1. The number of nitrogens with zero attached hydrogens (tertiary/aromatic N) is 2. The Bertz CT molecular complexity index is 517. The second kappa shape index (κ2) is 6.06. The molecule has 0 aromatic heterocycles. The fraction of sp³-hybridized carbons (Fsp3) is 0.588. The monoisotopic (exact) mass is 287 g/mol. The Hall–Kier alpha value is -1.55. The number of nitrogen functional groups attached to an aromatic ring is 1. The molecule has 0 saturated carbocycles. The van der Waals surface area contributed by atoms with Crippen LogP contribution in [0.25, 0.3) is 0 Å². The number of piperidine rings is 1. The van der Waals surface area contributed by atoms with Crippen LogP contribution in [0.5, 0.6) is 0 Å². The molecule has 2 fully saturated rings. The molecule has 3 rings (SSSR count). The summed E-state index contributed by atoms with van der Waals surface area (Å²) in [6.45, 7) is 5.26. The number of nitrogens with two attached hydrogens (primary N) is 1. The van der Waals surface area contributed by atoms with Crippen LogP contribution in [0.4, 0.5) is 5.69 Å². The summed E-state index contributed by atoms with van der Waals surface area (Å²) in [7, 11) is 0. The zero-order chi connectivity index (χ0) is 14.8. The van der Waals surface area contributed by atoms with Gasteiger partial charge in [0.25, 0.3) is 0 Å². The summed E-state index contributed by atoms with van der Waals surface area (Å²) in [5.74, 6) is 0.214. The van der Waals surface area contributed by atoms with E-state index in [1.807, 2.05) is 24.3 Å². The molecule has 0 spiro atoms. The quantitative estimate of drug-likeness (QED) is 0.845. The Morgan fingerprint density at radius 3 is 2.90 bits per heavy atom. The number of para-hydroxylation sites is 1. The van der Waals surface area contributed by atoms with Gasteiger partial charge >= 0.3 is 0 Å². The highest BCUT2D eigenvalue weighted by Gasteiger charge is 2.35. The Kier molecular flexibility index (Phi) is 4.15. The van der Waals surface area contributed by atoms with Gasteiger partial charge in [-0.25, -0.2) is 0 Å². The first-order chi connectivity index (χ1) is 10.1. The molecule has 2 saturated heterocycles. The van der Waals surface area contributed by atoms with Gasteiger partial charge in [-0.15, -0.1) is 0 Å². The molecule has 1 amide bonds. The molecule has 4 nitrogen and oxygen atoms in total. The summed E-state index contributed by atoms with van der Waals surface area (Å²) in [6, 6.07) is 8.54. The van der Waals surface area contributed by atoms with Crippen LogP contribution in [0, 0.1) is 0 Å². The summed E-state index contributed by atoms with van der Waals surface area (Å²) in [5, 5.41) is 0. The van der Waals surface area contributed by atoms with Crippen LogP contribution in [0.15, 0.2) is 24.3 Å². The van der Waals surface area contributed by atoms with Crippen molar-refractivity contribution in [2.45, 2.75) is 44.7 Å². The van der Waals surface area contributed by atoms with Gasteiger partial charge in [-0.3, -0.25) is 9.69 Å². The van der Waals surface area contributed by atoms with Crippen molar-refractivity contribution in [2.75, 3.05) is 25.4 Å². The molecule has 2 atom stereocenters. The van der Waals surface area contributed by atoms with Crippen LogP contribution in [0.3, 0.4) is 0 Å². The van der Waals surface area contributed by atoms with E-state index in [9.17, 15) is 4.79 Å². The number of carbonyl (C=O) groups is 1. The number of fused-ring (bicyclic) bond motifs is 1. The lowest BCUT2D eigenvalue weighted by molar-refractivity contribution is -0.137. The minimum Gasteiger partial charge on any atom is -0.398 e. The third-order valence-corrected chi connectivity index (χ3v) is 4.90. The molecule has 4 heteroatoms. The van der Waals surface area contributed by atoms with Crippen molar-refractivity contribution >= 4 is 11.6 Å². The maximum absolute atomic E-state index is 12.7. The summed E-state index contributed by atoms with van der Waals surface area (Å²) in [4.78, 5) is 17.3. The molecule has 0 radical (unpaired) electrons. The molecule has 0 aliphatic carbocycles. The Morgan fingerprint density at radius 2 is 2.10 bits per heavy atom. The standard InChI is InChI=1S/C17H25N3O/c1-13-11-19-9-5-4-7-15(19)12-20(13)17(21)10-14-6-2-3-8-16(14)18/h2-3,6,8,13,15H,4-5,7,9-12,18H2,1H3. The largest absolute Gasteiger partial charge is 0.398 e. The lowest BCUT2D eigenvalue weighted by atomic mass is 9.96. The van der Waals surface area contributed by atoms with Crippen LogP contribution in [-0.2, 0) is 11.2 Å². The fourth-order valence-corrected chi connectivity index (χ4v) is 3.66. The second-order valence-electron chi connectivity index (χ2n) is 6.42. The highest BCUT2D eigenvalue weighted by molar-refractivity contribution is 5.80. The summed E-state index contributed by atoms with van der Waals surface area (Å²) >= 11 is 0. The average Bonchev–Trinajstić information content (AvgIpc) is 2.49. The Labute approximate surface area is 126 Å². The molecule has 21 heavy (non-hydrogen) atoms. The van der Waals surface area contributed by atoms with Crippen molar-refractivity contribution in [3.8, 4) is 0 Å². The number of amides is 1. The van der Waals surface area contributed by atoms with Gasteiger partial charge in [0, 0.05) is 30.9 Å². The van der Waals surface area contributed by atoms with Crippen molar-refractivity contribution in [2.24, 2.45) is 0 Å². The maximum atomic E-state index is 12.7. The number of piperazine rings is 1. The van der Waals surface area contributed by atoms with Crippen molar-refractivity contribution in [1.82, 2.24) is 9.80 Å². The SMILES string of the molecule is CC1CN2CCCCC2CN1C(=O)Cc1ccccc1N. The Morgan fingerprint density at radius 1 is 1.29 bits per heavy atom. The summed E-state index contributed by atoms with van der Waals surface area (Å²) < 4.78 is 0. The highest BCUT2D eigenvalue weighted by atomic mass is 16.2. The van der Waals surface area contributed by atoms with E-state index in [1.54, 1.807) is 0 Å². The topological polar surface area (TPSA) is 49.6 Å². The summed E-state index contributed by atoms with van der Waals surface area (Å²) in [6.07, 6.45) is 4.24. The van der Waals surface area contributed by atoms with Crippen molar-refractivity contribution in [1.29, 1.82) is 0 Å². The highest BCUT2D eigenvalue weighted by Crippen LogP contribution is 2.25. The predicted molar refractivity (Wildman–Crippen MR) is 84.9 cm³/mol. The van der Waals surface area contributed by atoms with Crippen LogP contribution in [-0.4, -0.2) is 47.4 Å². The van der Waals surface area contributed by atoms with E-state index in [0.29, 0.717) is 18.5 Å². The third kappa shape index (κ3) is 3.05. The number of hydrogen-bond donors (Lipinski definition) is 1. The molecular weight excluding hydrogens is 262 g/mol. The molecule has 1 aromatic rings. The number of carbonyl (C=O) groups excluding carboxylic acids is 1. The molecule has 114 valence electrons. The first-order valence-electron chi connectivity index (χ1n) is 8.02. The zero-order valence-electron chi connectivity index (χ0n) is 12.8.